The molecule has 0 bridgehead atoms. The number of hydrogen-bond donors (Lipinski definition) is 1. The number of hydrogen-bond acceptors (Lipinski definition) is 2. The molecule has 0 atom stereocenters. The van der Waals surface area contributed by atoms with Crippen LogP contribution in [-0.4, -0.2) is 11.6 Å². The normalized spacial score (nSPS) is 27.9. The van der Waals surface area contributed by atoms with Gasteiger partial charge in [0.05, 0.1) is 6.07 Å². The molecule has 0 heterocycles. The molecular weight excluding hydrogens is 148 g/mol. The second-order valence-corrected chi connectivity index (χ2v) is 4.17. The smallest absolute Gasteiger partial charge is 0.107 e. The van der Waals surface area contributed by atoms with Gasteiger partial charge in [-0.1, -0.05) is 19.3 Å². The van der Waals surface area contributed by atoms with Crippen molar-refractivity contribution in [2.24, 2.45) is 0 Å². The molecule has 2 rings (SSSR count). The highest BCUT2D eigenvalue weighted by Crippen LogP contribution is 2.36. The minimum Gasteiger partial charge on any atom is -0.297 e. The van der Waals surface area contributed by atoms with E-state index in [0.717, 1.165) is 12.8 Å². The molecule has 0 spiro atoms. The van der Waals surface area contributed by atoms with Gasteiger partial charge < -0.3 is 0 Å². The average molecular weight is 164 g/mol. The fourth-order valence-corrected chi connectivity index (χ4v) is 2.05. The van der Waals surface area contributed by atoms with Crippen molar-refractivity contribution in [1.29, 1.82) is 5.26 Å². The van der Waals surface area contributed by atoms with E-state index in [4.69, 9.17) is 5.26 Å². The second kappa shape index (κ2) is 3.06. The molecule has 0 aromatic heterocycles. The number of nitriles is 1. The van der Waals surface area contributed by atoms with Crippen molar-refractivity contribution < 1.29 is 0 Å². The lowest BCUT2D eigenvalue weighted by Gasteiger charge is -2.25. The van der Waals surface area contributed by atoms with Crippen molar-refractivity contribution in [2.75, 3.05) is 0 Å². The van der Waals surface area contributed by atoms with Gasteiger partial charge in [0, 0.05) is 6.04 Å². The van der Waals surface area contributed by atoms with Crippen LogP contribution in [0.4, 0.5) is 0 Å². The first-order chi connectivity index (χ1) is 5.85. The summed E-state index contributed by atoms with van der Waals surface area (Å²) in [6.45, 7) is 0. The maximum absolute atomic E-state index is 8.87. The molecular formula is C10H16N2. The molecule has 0 aromatic rings. The van der Waals surface area contributed by atoms with Crippen LogP contribution in [0.3, 0.4) is 0 Å². The maximum atomic E-state index is 8.87. The first kappa shape index (κ1) is 8.07. The Balaban J connectivity index is 1.82. The molecule has 0 amide bonds. The monoisotopic (exact) mass is 164 g/mol. The Morgan fingerprint density at radius 2 is 1.83 bits per heavy atom. The molecule has 0 saturated heterocycles. The average Bonchev–Trinajstić information content (AvgIpc) is 2.88. The highest BCUT2D eigenvalue weighted by atomic mass is 15.0. The molecule has 0 aliphatic heterocycles. The van der Waals surface area contributed by atoms with E-state index in [1.165, 1.54) is 32.1 Å². The standard InChI is InChI=1S/C10H16N2/c11-8-10(6-7-10)12-9-4-2-1-3-5-9/h9,12H,1-7H2. The summed E-state index contributed by atoms with van der Waals surface area (Å²) < 4.78 is 0. The molecule has 0 unspecified atom stereocenters. The SMILES string of the molecule is N#CC1(NC2CCCCC2)CC1. The van der Waals surface area contributed by atoms with Gasteiger partial charge in [0.2, 0.25) is 0 Å². The first-order valence-corrected chi connectivity index (χ1v) is 5.04. The lowest BCUT2D eigenvalue weighted by molar-refractivity contribution is 0.351. The summed E-state index contributed by atoms with van der Waals surface area (Å²) in [5.41, 5.74) is -0.0952. The molecule has 2 fully saturated rings. The van der Waals surface area contributed by atoms with Crippen LogP contribution in [0.25, 0.3) is 0 Å². The van der Waals surface area contributed by atoms with E-state index in [1.807, 2.05) is 0 Å². The van der Waals surface area contributed by atoms with Gasteiger partial charge in [0.15, 0.2) is 0 Å². The van der Waals surface area contributed by atoms with E-state index < -0.39 is 0 Å². The largest absolute Gasteiger partial charge is 0.297 e. The van der Waals surface area contributed by atoms with Gasteiger partial charge in [-0.15, -0.1) is 0 Å². The summed E-state index contributed by atoms with van der Waals surface area (Å²) >= 11 is 0. The van der Waals surface area contributed by atoms with Crippen molar-refractivity contribution in [3.8, 4) is 6.07 Å². The number of rotatable bonds is 2. The number of nitrogens with one attached hydrogen (secondary N) is 1. The van der Waals surface area contributed by atoms with Crippen molar-refractivity contribution >= 4 is 0 Å². The summed E-state index contributed by atoms with van der Waals surface area (Å²) in [5, 5.41) is 12.4. The lowest BCUT2D eigenvalue weighted by atomic mass is 9.95. The minimum absolute atomic E-state index is 0.0952. The van der Waals surface area contributed by atoms with Crippen LogP contribution >= 0.6 is 0 Å². The van der Waals surface area contributed by atoms with Gasteiger partial charge in [0.25, 0.3) is 0 Å². The minimum atomic E-state index is -0.0952. The van der Waals surface area contributed by atoms with Crippen LogP contribution in [0, 0.1) is 11.3 Å². The van der Waals surface area contributed by atoms with Gasteiger partial charge in [0.1, 0.15) is 5.54 Å². The van der Waals surface area contributed by atoms with E-state index in [9.17, 15) is 0 Å². The van der Waals surface area contributed by atoms with Crippen LogP contribution in [0.5, 0.6) is 0 Å². The predicted molar refractivity (Wildman–Crippen MR) is 47.6 cm³/mol. The fraction of sp³-hybridized carbons (Fsp3) is 0.900. The molecule has 2 saturated carbocycles. The third kappa shape index (κ3) is 1.61. The zero-order valence-electron chi connectivity index (χ0n) is 7.47. The molecule has 2 aliphatic rings. The van der Waals surface area contributed by atoms with Gasteiger partial charge in [-0.3, -0.25) is 5.32 Å². The second-order valence-electron chi connectivity index (χ2n) is 4.17. The van der Waals surface area contributed by atoms with E-state index in [0.29, 0.717) is 6.04 Å². The Morgan fingerprint density at radius 3 is 2.33 bits per heavy atom. The Bertz CT molecular complexity index is 194. The third-order valence-electron chi connectivity index (χ3n) is 3.05. The maximum Gasteiger partial charge on any atom is 0.107 e. The van der Waals surface area contributed by atoms with Crippen LogP contribution < -0.4 is 5.32 Å². The van der Waals surface area contributed by atoms with Crippen LogP contribution in [0.1, 0.15) is 44.9 Å². The Labute approximate surface area is 74.0 Å². The number of nitrogens with zero attached hydrogens (tertiary/aromatic N) is 1. The topological polar surface area (TPSA) is 35.8 Å². The molecule has 66 valence electrons. The van der Waals surface area contributed by atoms with Crippen molar-refractivity contribution in [2.45, 2.75) is 56.5 Å². The molecule has 2 aliphatic carbocycles. The zero-order chi connectivity index (χ0) is 8.44. The van der Waals surface area contributed by atoms with Crippen LogP contribution in [0.2, 0.25) is 0 Å². The molecule has 12 heavy (non-hydrogen) atoms. The predicted octanol–water partition coefficient (Wildman–Crippen LogP) is 1.96. The highest BCUT2D eigenvalue weighted by Gasteiger charge is 2.44. The molecule has 2 nitrogen and oxygen atoms in total. The van der Waals surface area contributed by atoms with Gasteiger partial charge >= 0.3 is 0 Å². The highest BCUT2D eigenvalue weighted by molar-refractivity contribution is 5.19. The van der Waals surface area contributed by atoms with Crippen molar-refractivity contribution in [3.63, 3.8) is 0 Å². The quantitative estimate of drug-likeness (QED) is 0.677. The summed E-state index contributed by atoms with van der Waals surface area (Å²) in [6, 6.07) is 3.03. The zero-order valence-corrected chi connectivity index (χ0v) is 7.47. The Hall–Kier alpha value is -0.550. The van der Waals surface area contributed by atoms with Gasteiger partial charge in [-0.25, -0.2) is 0 Å². The molecule has 0 radical (unpaired) electrons. The van der Waals surface area contributed by atoms with E-state index in [2.05, 4.69) is 11.4 Å². The Kier molecular flexibility index (Phi) is 2.06. The third-order valence-corrected chi connectivity index (χ3v) is 3.05. The summed E-state index contributed by atoms with van der Waals surface area (Å²) in [6.07, 6.45) is 8.78. The van der Waals surface area contributed by atoms with Gasteiger partial charge in [-0.2, -0.15) is 5.26 Å². The molecule has 0 aromatic carbocycles. The van der Waals surface area contributed by atoms with Crippen LogP contribution in [0.15, 0.2) is 0 Å². The van der Waals surface area contributed by atoms with Crippen molar-refractivity contribution in [3.05, 3.63) is 0 Å². The van der Waals surface area contributed by atoms with Crippen molar-refractivity contribution in [1.82, 2.24) is 5.32 Å². The van der Waals surface area contributed by atoms with E-state index in [1.54, 1.807) is 0 Å². The Morgan fingerprint density at radius 1 is 1.17 bits per heavy atom. The first-order valence-electron chi connectivity index (χ1n) is 5.04. The molecule has 1 N–H and O–H groups in total. The van der Waals surface area contributed by atoms with E-state index >= 15 is 0 Å². The van der Waals surface area contributed by atoms with Gasteiger partial charge in [-0.05, 0) is 25.7 Å². The fourth-order valence-electron chi connectivity index (χ4n) is 2.05. The lowest BCUT2D eigenvalue weighted by Crippen LogP contribution is -2.40. The van der Waals surface area contributed by atoms with Crippen LogP contribution in [-0.2, 0) is 0 Å². The molecule has 2 heteroatoms. The summed E-state index contributed by atoms with van der Waals surface area (Å²) in [7, 11) is 0. The summed E-state index contributed by atoms with van der Waals surface area (Å²) in [5.74, 6) is 0. The summed E-state index contributed by atoms with van der Waals surface area (Å²) in [4.78, 5) is 0. The van der Waals surface area contributed by atoms with E-state index in [-0.39, 0.29) is 5.54 Å².